The molecule has 1 aromatic carbocycles. The van der Waals surface area contributed by atoms with Gasteiger partial charge < -0.3 is 15.0 Å². The minimum Gasteiger partial charge on any atom is -0.495 e. The van der Waals surface area contributed by atoms with Gasteiger partial charge in [0.25, 0.3) is 5.91 Å². The number of rotatable bonds is 5. The van der Waals surface area contributed by atoms with E-state index in [0.717, 1.165) is 31.9 Å². The van der Waals surface area contributed by atoms with Crippen LogP contribution in [0.4, 0.5) is 5.69 Å². The number of anilines is 1. The van der Waals surface area contributed by atoms with Gasteiger partial charge in [-0.05, 0) is 31.0 Å². The van der Waals surface area contributed by atoms with Crippen LogP contribution in [0.5, 0.6) is 5.75 Å². The first-order chi connectivity index (χ1) is 13.9. The number of ether oxygens (including phenoxy) is 1. The number of benzene rings is 1. The maximum Gasteiger partial charge on any atom is 0.272 e. The molecular weight excluding hydrogens is 392 g/mol. The van der Waals surface area contributed by atoms with E-state index < -0.39 is 9.84 Å². The maximum atomic E-state index is 12.8. The Bertz CT molecular complexity index is 1180. The Balaban J connectivity index is 1.76. The van der Waals surface area contributed by atoms with Crippen molar-refractivity contribution in [1.29, 1.82) is 0 Å². The Morgan fingerprint density at radius 3 is 2.62 bits per heavy atom. The first kappa shape index (κ1) is 19.4. The summed E-state index contributed by atoms with van der Waals surface area (Å²) in [5.74, 6) is 0.343. The van der Waals surface area contributed by atoms with Crippen molar-refractivity contribution in [1.82, 2.24) is 15.0 Å². The maximum absolute atomic E-state index is 12.8. The summed E-state index contributed by atoms with van der Waals surface area (Å²) in [6.45, 7) is 0. The molecule has 152 valence electrons. The molecule has 4 rings (SSSR count). The number of hydrogen-bond donors (Lipinski definition) is 2. The largest absolute Gasteiger partial charge is 0.495 e. The van der Waals surface area contributed by atoms with Crippen molar-refractivity contribution in [2.24, 2.45) is 0 Å². The van der Waals surface area contributed by atoms with Gasteiger partial charge in [0.05, 0.1) is 18.5 Å². The zero-order chi connectivity index (χ0) is 20.6. The number of methoxy groups -OCH3 is 1. The van der Waals surface area contributed by atoms with Crippen molar-refractivity contribution in [3.63, 3.8) is 0 Å². The molecule has 2 N–H and O–H groups in total. The Kier molecular flexibility index (Phi) is 4.99. The average Bonchev–Trinajstić information content (AvgIpc) is 3.36. The summed E-state index contributed by atoms with van der Waals surface area (Å²) in [4.78, 5) is 24.3. The molecule has 3 aromatic rings. The van der Waals surface area contributed by atoms with E-state index in [2.05, 4.69) is 20.3 Å². The lowest BCUT2D eigenvalue weighted by Gasteiger charge is -2.10. The summed E-state index contributed by atoms with van der Waals surface area (Å²) in [7, 11) is -2.04. The van der Waals surface area contributed by atoms with Crippen molar-refractivity contribution in [3.05, 3.63) is 41.7 Å². The summed E-state index contributed by atoms with van der Waals surface area (Å²) >= 11 is 0. The molecule has 2 aromatic heterocycles. The second-order valence-corrected chi connectivity index (χ2v) is 9.15. The molecule has 1 amide bonds. The zero-order valence-corrected chi connectivity index (χ0v) is 17.0. The van der Waals surface area contributed by atoms with Crippen molar-refractivity contribution in [3.8, 4) is 5.75 Å². The number of nitrogens with zero attached hydrogens (tertiary/aromatic N) is 2. The predicted molar refractivity (Wildman–Crippen MR) is 109 cm³/mol. The highest BCUT2D eigenvalue weighted by Crippen LogP contribution is 2.37. The van der Waals surface area contributed by atoms with Crippen LogP contribution in [-0.2, 0) is 9.84 Å². The van der Waals surface area contributed by atoms with E-state index in [0.29, 0.717) is 28.2 Å². The monoisotopic (exact) mass is 414 g/mol. The van der Waals surface area contributed by atoms with Gasteiger partial charge in [0.2, 0.25) is 15.0 Å². The molecule has 1 saturated carbocycles. The molecule has 1 aliphatic rings. The summed E-state index contributed by atoms with van der Waals surface area (Å²) in [6.07, 6.45) is 5.14. The lowest BCUT2D eigenvalue weighted by molar-refractivity contribution is 0.102. The molecule has 0 spiro atoms. The van der Waals surface area contributed by atoms with Gasteiger partial charge in [0.1, 0.15) is 17.1 Å². The Labute approximate surface area is 168 Å². The normalized spacial score (nSPS) is 15.0. The molecule has 9 heteroatoms. The van der Waals surface area contributed by atoms with E-state index in [1.54, 1.807) is 24.3 Å². The number of para-hydroxylation sites is 2. The SMILES string of the molecule is COc1ccccc1NC(=O)c1cc2c(C3CCCC3)nc(S(C)(=O)=O)nc2[nH]1. The van der Waals surface area contributed by atoms with Crippen LogP contribution in [0.2, 0.25) is 0 Å². The first-order valence-corrected chi connectivity index (χ1v) is 11.3. The molecule has 2 heterocycles. The molecule has 0 aliphatic heterocycles. The minimum absolute atomic E-state index is 0.168. The quantitative estimate of drug-likeness (QED) is 0.619. The topological polar surface area (TPSA) is 114 Å². The number of nitrogens with one attached hydrogen (secondary N) is 2. The van der Waals surface area contributed by atoms with Gasteiger partial charge in [0, 0.05) is 17.6 Å². The Hall–Kier alpha value is -2.94. The average molecular weight is 414 g/mol. The number of carbonyl (C=O) groups is 1. The number of hydrogen-bond acceptors (Lipinski definition) is 6. The molecule has 29 heavy (non-hydrogen) atoms. The number of H-pyrrole nitrogens is 1. The van der Waals surface area contributed by atoms with Gasteiger partial charge >= 0.3 is 0 Å². The number of fused-ring (bicyclic) bond motifs is 1. The highest BCUT2D eigenvalue weighted by molar-refractivity contribution is 7.90. The molecule has 0 atom stereocenters. The van der Waals surface area contributed by atoms with E-state index in [1.807, 2.05) is 6.07 Å². The van der Waals surface area contributed by atoms with Gasteiger partial charge in [-0.3, -0.25) is 4.79 Å². The Morgan fingerprint density at radius 1 is 1.21 bits per heavy atom. The number of carbonyl (C=O) groups excluding carboxylic acids is 1. The Morgan fingerprint density at radius 2 is 1.93 bits per heavy atom. The molecule has 1 fully saturated rings. The van der Waals surface area contributed by atoms with E-state index in [-0.39, 0.29) is 22.7 Å². The second kappa shape index (κ2) is 7.47. The summed E-state index contributed by atoms with van der Waals surface area (Å²) < 4.78 is 29.4. The van der Waals surface area contributed by atoms with Crippen LogP contribution in [-0.4, -0.2) is 42.6 Å². The lowest BCUT2D eigenvalue weighted by atomic mass is 10.0. The number of aromatic nitrogens is 3. The standard InChI is InChI=1S/C20H22N4O4S/c1-28-16-10-6-5-9-14(16)22-19(25)15-11-13-17(12-7-3-4-8-12)23-20(29(2,26)27)24-18(13)21-15/h5-6,9-12H,3-4,7-8H2,1-2H3,(H,22,25)(H,21,23,24). The third-order valence-corrected chi connectivity index (χ3v) is 6.02. The van der Waals surface area contributed by atoms with Crippen LogP contribution < -0.4 is 10.1 Å². The lowest BCUT2D eigenvalue weighted by Crippen LogP contribution is -2.12. The van der Waals surface area contributed by atoms with Gasteiger partial charge in [-0.1, -0.05) is 25.0 Å². The number of aromatic amines is 1. The summed E-state index contributed by atoms with van der Waals surface area (Å²) in [5, 5.41) is 3.28. The molecule has 8 nitrogen and oxygen atoms in total. The van der Waals surface area contributed by atoms with Gasteiger partial charge in [-0.2, -0.15) is 0 Å². The molecule has 1 aliphatic carbocycles. The van der Waals surface area contributed by atoms with E-state index in [9.17, 15) is 13.2 Å². The second-order valence-electron chi connectivity index (χ2n) is 7.24. The molecule has 0 radical (unpaired) electrons. The van der Waals surface area contributed by atoms with E-state index in [4.69, 9.17) is 4.74 Å². The minimum atomic E-state index is -3.57. The third-order valence-electron chi connectivity index (χ3n) is 5.17. The van der Waals surface area contributed by atoms with Gasteiger partial charge in [-0.15, -0.1) is 0 Å². The first-order valence-electron chi connectivity index (χ1n) is 9.42. The van der Waals surface area contributed by atoms with Crippen LogP contribution in [0.15, 0.2) is 35.5 Å². The highest BCUT2D eigenvalue weighted by atomic mass is 32.2. The summed E-state index contributed by atoms with van der Waals surface area (Å²) in [5.41, 5.74) is 1.87. The molecule has 0 saturated heterocycles. The fourth-order valence-corrected chi connectivity index (χ4v) is 4.27. The molecular formula is C20H22N4O4S. The van der Waals surface area contributed by atoms with Crippen LogP contribution >= 0.6 is 0 Å². The van der Waals surface area contributed by atoms with Gasteiger partial charge in [-0.25, -0.2) is 18.4 Å². The van der Waals surface area contributed by atoms with Crippen LogP contribution in [0.3, 0.4) is 0 Å². The van der Waals surface area contributed by atoms with Crippen molar-refractivity contribution in [2.75, 3.05) is 18.7 Å². The molecule has 0 unspecified atom stereocenters. The van der Waals surface area contributed by atoms with Crippen LogP contribution in [0.1, 0.15) is 47.8 Å². The predicted octanol–water partition coefficient (Wildman–Crippen LogP) is 3.28. The van der Waals surface area contributed by atoms with E-state index >= 15 is 0 Å². The summed E-state index contributed by atoms with van der Waals surface area (Å²) in [6, 6.07) is 8.80. The van der Waals surface area contributed by atoms with Crippen LogP contribution in [0, 0.1) is 0 Å². The fraction of sp³-hybridized carbons (Fsp3) is 0.350. The molecule has 0 bridgehead atoms. The van der Waals surface area contributed by atoms with Gasteiger partial charge in [0.15, 0.2) is 0 Å². The highest BCUT2D eigenvalue weighted by Gasteiger charge is 2.26. The smallest absolute Gasteiger partial charge is 0.272 e. The fourth-order valence-electron chi connectivity index (χ4n) is 3.75. The van der Waals surface area contributed by atoms with Crippen LogP contribution in [0.25, 0.3) is 11.0 Å². The van der Waals surface area contributed by atoms with Crippen molar-refractivity contribution < 1.29 is 17.9 Å². The number of amides is 1. The zero-order valence-electron chi connectivity index (χ0n) is 16.2. The third kappa shape index (κ3) is 3.82. The van der Waals surface area contributed by atoms with Crippen molar-refractivity contribution in [2.45, 2.75) is 36.8 Å². The van der Waals surface area contributed by atoms with E-state index in [1.165, 1.54) is 7.11 Å². The van der Waals surface area contributed by atoms with Crippen molar-refractivity contribution >= 4 is 32.5 Å². The number of sulfone groups is 1.